The van der Waals surface area contributed by atoms with Crippen molar-refractivity contribution in [2.24, 2.45) is 0 Å². The fourth-order valence-corrected chi connectivity index (χ4v) is 3.46. The maximum atomic E-state index is 12.5. The minimum absolute atomic E-state index is 0.205. The summed E-state index contributed by atoms with van der Waals surface area (Å²) >= 11 is 0. The Morgan fingerprint density at radius 2 is 1.70 bits per heavy atom. The number of methoxy groups -OCH3 is 1. The molecule has 1 amide bonds. The smallest absolute Gasteiger partial charge is 0.340 e. The second kappa shape index (κ2) is 8.77. The number of para-hydroxylation sites is 1. The molecule has 1 fully saturated rings. The number of ether oxygens (including phenoxy) is 2. The molecule has 0 spiro atoms. The first-order valence-electron chi connectivity index (χ1n) is 9.69. The number of anilines is 1. The third kappa shape index (κ3) is 4.17. The zero-order valence-electron chi connectivity index (χ0n) is 16.7. The van der Waals surface area contributed by atoms with Crippen molar-refractivity contribution in [3.8, 4) is 5.75 Å². The van der Waals surface area contributed by atoms with Gasteiger partial charge in [-0.05, 0) is 36.4 Å². The molecular weight excluding hydrogens is 384 g/mol. The van der Waals surface area contributed by atoms with Crippen molar-refractivity contribution in [1.82, 2.24) is 14.9 Å². The number of hydrogen-bond donors (Lipinski definition) is 0. The predicted molar refractivity (Wildman–Crippen MR) is 112 cm³/mol. The highest BCUT2D eigenvalue weighted by atomic mass is 16.5. The number of fused-ring (bicyclic) bond motifs is 1. The molecule has 4 rings (SSSR count). The van der Waals surface area contributed by atoms with Crippen molar-refractivity contribution < 1.29 is 19.1 Å². The number of amides is 1. The molecular formula is C22H22N4O4. The molecule has 0 atom stereocenters. The highest BCUT2D eigenvalue weighted by Gasteiger charge is 2.23. The fraction of sp³-hybridized carbons (Fsp3) is 0.273. The second-order valence-corrected chi connectivity index (χ2v) is 6.87. The van der Waals surface area contributed by atoms with Gasteiger partial charge < -0.3 is 19.3 Å². The summed E-state index contributed by atoms with van der Waals surface area (Å²) in [6.45, 7) is 2.28. The van der Waals surface area contributed by atoms with Crippen LogP contribution < -0.4 is 9.64 Å². The van der Waals surface area contributed by atoms with Gasteiger partial charge in [-0.2, -0.15) is 0 Å². The lowest BCUT2D eigenvalue weighted by atomic mass is 10.2. The molecule has 1 saturated heterocycles. The molecule has 30 heavy (non-hydrogen) atoms. The van der Waals surface area contributed by atoms with Crippen molar-refractivity contribution in [3.05, 3.63) is 60.4 Å². The molecule has 154 valence electrons. The zero-order valence-corrected chi connectivity index (χ0v) is 16.7. The highest BCUT2D eigenvalue weighted by Crippen LogP contribution is 2.20. The zero-order chi connectivity index (χ0) is 20.9. The van der Waals surface area contributed by atoms with Gasteiger partial charge in [0.25, 0.3) is 5.91 Å². The normalized spacial score (nSPS) is 13.9. The number of rotatable bonds is 5. The van der Waals surface area contributed by atoms with Gasteiger partial charge in [-0.1, -0.05) is 6.07 Å². The Balaban J connectivity index is 1.31. The summed E-state index contributed by atoms with van der Waals surface area (Å²) in [7, 11) is 1.64. The van der Waals surface area contributed by atoms with Crippen molar-refractivity contribution in [2.45, 2.75) is 0 Å². The molecule has 1 aliphatic heterocycles. The summed E-state index contributed by atoms with van der Waals surface area (Å²) in [6.07, 6.45) is 3.08. The van der Waals surface area contributed by atoms with Gasteiger partial charge in [0.15, 0.2) is 6.61 Å². The Hall–Kier alpha value is -3.68. The molecule has 3 aromatic rings. The monoisotopic (exact) mass is 406 g/mol. The quantitative estimate of drug-likeness (QED) is 0.600. The van der Waals surface area contributed by atoms with E-state index >= 15 is 0 Å². The van der Waals surface area contributed by atoms with Crippen LogP contribution in [0.25, 0.3) is 11.0 Å². The molecule has 8 nitrogen and oxygen atoms in total. The van der Waals surface area contributed by atoms with Crippen molar-refractivity contribution >= 4 is 28.6 Å². The van der Waals surface area contributed by atoms with Gasteiger partial charge in [0.1, 0.15) is 11.3 Å². The van der Waals surface area contributed by atoms with Crippen LogP contribution in [-0.2, 0) is 9.53 Å². The maximum absolute atomic E-state index is 12.5. The van der Waals surface area contributed by atoms with E-state index in [1.165, 1.54) is 6.20 Å². The molecule has 0 unspecified atom stereocenters. The lowest BCUT2D eigenvalue weighted by Gasteiger charge is -2.36. The van der Waals surface area contributed by atoms with Gasteiger partial charge >= 0.3 is 5.97 Å². The number of piperazine rings is 1. The van der Waals surface area contributed by atoms with Crippen LogP contribution in [0, 0.1) is 0 Å². The van der Waals surface area contributed by atoms with Crippen LogP contribution in [0.5, 0.6) is 5.75 Å². The third-order valence-electron chi connectivity index (χ3n) is 5.12. The van der Waals surface area contributed by atoms with Crippen molar-refractivity contribution in [3.63, 3.8) is 0 Å². The van der Waals surface area contributed by atoms with Gasteiger partial charge in [0, 0.05) is 44.3 Å². The molecule has 0 saturated carbocycles. The van der Waals surface area contributed by atoms with Crippen LogP contribution >= 0.6 is 0 Å². The topological polar surface area (TPSA) is 84.9 Å². The number of carbonyl (C=O) groups is 2. The van der Waals surface area contributed by atoms with Gasteiger partial charge in [0.05, 0.1) is 18.2 Å². The number of esters is 1. The lowest BCUT2D eigenvalue weighted by molar-refractivity contribution is -0.134. The van der Waals surface area contributed by atoms with Crippen LogP contribution in [0.4, 0.5) is 5.69 Å². The van der Waals surface area contributed by atoms with E-state index in [0.29, 0.717) is 42.8 Å². The molecule has 0 aliphatic carbocycles. The van der Waals surface area contributed by atoms with E-state index in [-0.39, 0.29) is 12.5 Å². The Kier molecular flexibility index (Phi) is 5.74. The fourth-order valence-electron chi connectivity index (χ4n) is 3.46. The van der Waals surface area contributed by atoms with Crippen molar-refractivity contribution in [2.75, 3.05) is 44.8 Å². The van der Waals surface area contributed by atoms with Crippen LogP contribution in [0.15, 0.2) is 54.9 Å². The molecule has 1 aliphatic rings. The van der Waals surface area contributed by atoms with E-state index < -0.39 is 5.97 Å². The maximum Gasteiger partial charge on any atom is 0.340 e. The van der Waals surface area contributed by atoms with Crippen LogP contribution in [0.2, 0.25) is 0 Å². The summed E-state index contributed by atoms with van der Waals surface area (Å²) in [4.78, 5) is 37.3. The van der Waals surface area contributed by atoms with Crippen LogP contribution in [0.3, 0.4) is 0 Å². The lowest BCUT2D eigenvalue weighted by Crippen LogP contribution is -2.49. The number of benzene rings is 2. The van der Waals surface area contributed by atoms with E-state index in [2.05, 4.69) is 14.9 Å². The van der Waals surface area contributed by atoms with Gasteiger partial charge in [-0.15, -0.1) is 0 Å². The predicted octanol–water partition coefficient (Wildman–Crippen LogP) is 2.14. The Labute approximate surface area is 174 Å². The summed E-state index contributed by atoms with van der Waals surface area (Å²) < 4.78 is 10.4. The Morgan fingerprint density at radius 1 is 0.967 bits per heavy atom. The number of aromatic nitrogens is 2. The average molecular weight is 406 g/mol. The Morgan fingerprint density at radius 3 is 2.43 bits per heavy atom. The first kappa shape index (κ1) is 19.6. The van der Waals surface area contributed by atoms with E-state index in [1.807, 2.05) is 24.3 Å². The first-order valence-corrected chi connectivity index (χ1v) is 9.69. The van der Waals surface area contributed by atoms with E-state index in [9.17, 15) is 9.59 Å². The molecule has 0 radical (unpaired) electrons. The molecule has 2 heterocycles. The number of nitrogens with zero attached hydrogens (tertiary/aromatic N) is 4. The van der Waals surface area contributed by atoms with Crippen molar-refractivity contribution in [1.29, 1.82) is 0 Å². The van der Waals surface area contributed by atoms with Gasteiger partial charge in [-0.25, -0.2) is 4.79 Å². The molecule has 1 aromatic heterocycles. The standard InChI is InChI=1S/C22H22N4O4/c1-29-17-7-5-16(6-8-17)25-11-13-26(14-12-25)20(27)15-30-22(28)18-3-2-4-19-21(18)24-10-9-23-19/h2-10H,11-15H2,1H3. The van der Waals surface area contributed by atoms with Crippen LogP contribution in [0.1, 0.15) is 10.4 Å². The second-order valence-electron chi connectivity index (χ2n) is 6.87. The SMILES string of the molecule is COc1ccc(N2CCN(C(=O)COC(=O)c3cccc4nccnc34)CC2)cc1. The number of hydrogen-bond acceptors (Lipinski definition) is 7. The largest absolute Gasteiger partial charge is 0.497 e. The minimum Gasteiger partial charge on any atom is -0.497 e. The van der Waals surface area contributed by atoms with Crippen LogP contribution in [-0.4, -0.2) is 66.6 Å². The first-order chi connectivity index (χ1) is 14.7. The van der Waals surface area contributed by atoms with E-state index in [1.54, 1.807) is 36.4 Å². The van der Waals surface area contributed by atoms with Gasteiger partial charge in [0.2, 0.25) is 0 Å². The highest BCUT2D eigenvalue weighted by molar-refractivity contribution is 6.02. The van der Waals surface area contributed by atoms with E-state index in [4.69, 9.17) is 9.47 Å². The Bertz CT molecular complexity index is 1040. The summed E-state index contributed by atoms with van der Waals surface area (Å²) in [5, 5.41) is 0. The number of carbonyl (C=O) groups excluding carboxylic acids is 2. The summed E-state index contributed by atoms with van der Waals surface area (Å²) in [6, 6.07) is 13.0. The molecule has 0 bridgehead atoms. The van der Waals surface area contributed by atoms with E-state index in [0.717, 1.165) is 11.4 Å². The molecule has 8 heteroatoms. The molecule has 0 N–H and O–H groups in total. The summed E-state index contributed by atoms with van der Waals surface area (Å²) in [5.74, 6) is 0.0296. The van der Waals surface area contributed by atoms with Gasteiger partial charge in [-0.3, -0.25) is 14.8 Å². The third-order valence-corrected chi connectivity index (χ3v) is 5.12. The summed E-state index contributed by atoms with van der Waals surface area (Å²) in [5.41, 5.74) is 2.46. The molecule has 2 aromatic carbocycles. The minimum atomic E-state index is -0.577. The average Bonchev–Trinajstić information content (AvgIpc) is 2.82.